The van der Waals surface area contributed by atoms with E-state index in [2.05, 4.69) is 78.8 Å². The molecule has 0 bridgehead atoms. The number of hydrogen-bond acceptors (Lipinski definition) is 5. The predicted octanol–water partition coefficient (Wildman–Crippen LogP) is 6.10. The van der Waals surface area contributed by atoms with Gasteiger partial charge in [-0.05, 0) is 62.1 Å². The molecule has 5 rings (SSSR count). The fourth-order valence-corrected chi connectivity index (χ4v) is 5.75. The number of carbonyl (C=O) groups excluding carboxylic acids is 2. The number of amides is 2. The van der Waals surface area contributed by atoms with Gasteiger partial charge < -0.3 is 5.32 Å². The quantitative estimate of drug-likeness (QED) is 0.450. The molecule has 0 aliphatic carbocycles. The summed E-state index contributed by atoms with van der Waals surface area (Å²) in [5.41, 5.74) is 8.40. The highest BCUT2D eigenvalue weighted by atomic mass is 32.2. The summed E-state index contributed by atoms with van der Waals surface area (Å²) in [6.07, 6.45) is 0.763. The van der Waals surface area contributed by atoms with Gasteiger partial charge in [0.15, 0.2) is 5.17 Å². The molecule has 37 heavy (non-hydrogen) atoms. The molecule has 1 N–H and O–H groups in total. The van der Waals surface area contributed by atoms with Crippen molar-refractivity contribution in [3.8, 4) is 0 Å². The standard InChI is InChI=1S/C30H30N4O2S/c1-18-5-9-22(10-6-18)25-16-26(23-11-7-19(2)8-12-23)34(33-25)30-32-29(36)27(37-30)17-28(35)31-24-14-20(3)13-21(4)15-24/h5-15,26-27H,16-17H2,1-4H3,(H,31,35)/t26-,27-/m1/s1. The first kappa shape index (κ1) is 25.0. The number of nitrogens with zero attached hydrogens (tertiary/aromatic N) is 3. The van der Waals surface area contributed by atoms with Crippen LogP contribution >= 0.6 is 11.8 Å². The van der Waals surface area contributed by atoms with Crippen molar-refractivity contribution in [1.82, 2.24) is 5.01 Å². The lowest BCUT2D eigenvalue weighted by molar-refractivity contribution is -0.121. The number of hydrazone groups is 1. The summed E-state index contributed by atoms with van der Waals surface area (Å²) in [5, 5.41) is 9.70. The van der Waals surface area contributed by atoms with Gasteiger partial charge in [-0.3, -0.25) is 9.59 Å². The summed E-state index contributed by atoms with van der Waals surface area (Å²) in [6, 6.07) is 22.6. The molecule has 0 radical (unpaired) electrons. The number of amidine groups is 1. The van der Waals surface area contributed by atoms with Crippen molar-refractivity contribution in [2.24, 2.45) is 10.1 Å². The van der Waals surface area contributed by atoms with E-state index in [1.54, 1.807) is 0 Å². The summed E-state index contributed by atoms with van der Waals surface area (Å²) < 4.78 is 0. The Morgan fingerprint density at radius 2 is 1.54 bits per heavy atom. The van der Waals surface area contributed by atoms with Gasteiger partial charge in [0.1, 0.15) is 5.25 Å². The lowest BCUT2D eigenvalue weighted by Crippen LogP contribution is -2.25. The second kappa shape index (κ2) is 10.3. The fourth-order valence-electron chi connectivity index (χ4n) is 4.69. The molecular formula is C30H30N4O2S. The van der Waals surface area contributed by atoms with Crippen LogP contribution in [0.15, 0.2) is 76.8 Å². The van der Waals surface area contributed by atoms with Gasteiger partial charge in [-0.1, -0.05) is 77.5 Å². The van der Waals surface area contributed by atoms with Gasteiger partial charge in [0.05, 0.1) is 11.8 Å². The monoisotopic (exact) mass is 510 g/mol. The fraction of sp³-hybridized carbons (Fsp3) is 0.267. The maximum absolute atomic E-state index is 12.9. The Morgan fingerprint density at radius 1 is 0.919 bits per heavy atom. The van der Waals surface area contributed by atoms with Gasteiger partial charge in [0.2, 0.25) is 5.91 Å². The summed E-state index contributed by atoms with van der Waals surface area (Å²) in [5.74, 6) is -0.495. The van der Waals surface area contributed by atoms with Crippen LogP contribution in [0.1, 0.15) is 52.3 Å². The van der Waals surface area contributed by atoms with Crippen LogP contribution in [0.2, 0.25) is 0 Å². The number of thioether (sulfide) groups is 1. The highest BCUT2D eigenvalue weighted by Crippen LogP contribution is 2.38. The third kappa shape index (κ3) is 5.67. The van der Waals surface area contributed by atoms with Gasteiger partial charge in [-0.2, -0.15) is 10.1 Å². The zero-order valence-corrected chi connectivity index (χ0v) is 22.3. The number of carbonyl (C=O) groups is 2. The van der Waals surface area contributed by atoms with E-state index in [0.717, 1.165) is 33.7 Å². The molecule has 2 atom stereocenters. The average molecular weight is 511 g/mol. The normalized spacial score (nSPS) is 19.1. The first-order valence-electron chi connectivity index (χ1n) is 12.4. The van der Waals surface area contributed by atoms with Crippen LogP contribution in [-0.4, -0.2) is 33.0 Å². The Labute approximate surface area is 221 Å². The molecule has 2 aliphatic rings. The molecule has 3 aromatic rings. The Kier molecular flexibility index (Phi) is 6.98. The molecule has 0 unspecified atom stereocenters. The summed E-state index contributed by atoms with van der Waals surface area (Å²) in [6.45, 7) is 8.11. The predicted molar refractivity (Wildman–Crippen MR) is 151 cm³/mol. The molecule has 6 nitrogen and oxygen atoms in total. The maximum Gasteiger partial charge on any atom is 0.262 e. The Hall–Kier alpha value is -3.71. The van der Waals surface area contributed by atoms with E-state index >= 15 is 0 Å². The molecule has 0 fully saturated rings. The number of anilines is 1. The molecule has 0 aromatic heterocycles. The Morgan fingerprint density at radius 3 is 2.19 bits per heavy atom. The zero-order chi connectivity index (χ0) is 26.1. The summed E-state index contributed by atoms with van der Waals surface area (Å²) in [4.78, 5) is 30.0. The summed E-state index contributed by atoms with van der Waals surface area (Å²) in [7, 11) is 0. The SMILES string of the molecule is Cc1ccc(C2=NN(C3=NC(=O)[C@@H](CC(=O)Nc4cc(C)cc(C)c4)S3)[C@@H](c3ccc(C)cc3)C2)cc1. The molecule has 0 saturated carbocycles. The van der Waals surface area contributed by atoms with Crippen LogP contribution in [-0.2, 0) is 9.59 Å². The first-order valence-corrected chi connectivity index (χ1v) is 13.3. The second-order valence-corrected chi connectivity index (χ2v) is 11.0. The highest BCUT2D eigenvalue weighted by Gasteiger charge is 2.39. The van der Waals surface area contributed by atoms with Crippen LogP contribution in [0, 0.1) is 27.7 Å². The number of aliphatic imine (C=N–C) groups is 1. The minimum absolute atomic E-state index is 0.0566. The van der Waals surface area contributed by atoms with E-state index in [1.165, 1.54) is 22.9 Å². The highest BCUT2D eigenvalue weighted by molar-refractivity contribution is 8.15. The van der Waals surface area contributed by atoms with E-state index in [-0.39, 0.29) is 24.3 Å². The molecule has 2 aliphatic heterocycles. The Balaban J connectivity index is 1.35. The van der Waals surface area contributed by atoms with Gasteiger partial charge >= 0.3 is 0 Å². The third-order valence-electron chi connectivity index (χ3n) is 6.56. The lowest BCUT2D eigenvalue weighted by atomic mass is 9.97. The average Bonchev–Trinajstić information content (AvgIpc) is 3.43. The number of nitrogens with one attached hydrogen (secondary N) is 1. The molecule has 0 spiro atoms. The van der Waals surface area contributed by atoms with E-state index in [0.29, 0.717) is 11.6 Å². The van der Waals surface area contributed by atoms with Crippen LogP contribution in [0.4, 0.5) is 5.69 Å². The number of aryl methyl sites for hydroxylation is 4. The van der Waals surface area contributed by atoms with Crippen molar-refractivity contribution in [1.29, 1.82) is 0 Å². The van der Waals surface area contributed by atoms with Gasteiger partial charge in [-0.25, -0.2) is 5.01 Å². The van der Waals surface area contributed by atoms with Crippen LogP contribution < -0.4 is 5.32 Å². The number of benzene rings is 3. The minimum Gasteiger partial charge on any atom is -0.326 e. The van der Waals surface area contributed by atoms with Gasteiger partial charge in [-0.15, -0.1) is 0 Å². The first-order chi connectivity index (χ1) is 17.7. The largest absolute Gasteiger partial charge is 0.326 e. The number of rotatable bonds is 5. The molecule has 3 aromatic carbocycles. The van der Waals surface area contributed by atoms with Crippen molar-refractivity contribution >= 4 is 40.1 Å². The van der Waals surface area contributed by atoms with Gasteiger partial charge in [0.25, 0.3) is 5.91 Å². The topological polar surface area (TPSA) is 74.1 Å². The zero-order valence-electron chi connectivity index (χ0n) is 21.5. The molecule has 2 amide bonds. The Bertz CT molecular complexity index is 1390. The lowest BCUT2D eigenvalue weighted by Gasteiger charge is -2.23. The third-order valence-corrected chi connectivity index (χ3v) is 7.70. The minimum atomic E-state index is -0.571. The smallest absolute Gasteiger partial charge is 0.262 e. The van der Waals surface area contributed by atoms with Gasteiger partial charge in [0, 0.05) is 18.5 Å². The van der Waals surface area contributed by atoms with Crippen molar-refractivity contribution in [2.45, 2.75) is 51.8 Å². The van der Waals surface area contributed by atoms with E-state index < -0.39 is 5.25 Å². The van der Waals surface area contributed by atoms with Crippen molar-refractivity contribution < 1.29 is 9.59 Å². The van der Waals surface area contributed by atoms with Crippen molar-refractivity contribution in [3.05, 3.63) is 100 Å². The van der Waals surface area contributed by atoms with Crippen LogP contribution in [0.25, 0.3) is 0 Å². The molecule has 2 heterocycles. The van der Waals surface area contributed by atoms with E-state index in [1.807, 2.05) is 31.0 Å². The van der Waals surface area contributed by atoms with Crippen LogP contribution in [0.5, 0.6) is 0 Å². The maximum atomic E-state index is 12.9. The van der Waals surface area contributed by atoms with E-state index in [4.69, 9.17) is 5.10 Å². The van der Waals surface area contributed by atoms with Crippen molar-refractivity contribution in [3.63, 3.8) is 0 Å². The van der Waals surface area contributed by atoms with Crippen LogP contribution in [0.3, 0.4) is 0 Å². The molecule has 0 saturated heterocycles. The molecule has 188 valence electrons. The molecule has 7 heteroatoms. The second-order valence-electron chi connectivity index (χ2n) is 9.86. The van der Waals surface area contributed by atoms with E-state index in [9.17, 15) is 9.59 Å². The number of hydrogen-bond donors (Lipinski definition) is 1. The van der Waals surface area contributed by atoms with Crippen molar-refractivity contribution in [2.75, 3.05) is 5.32 Å². The molecular weight excluding hydrogens is 480 g/mol. The summed E-state index contributed by atoms with van der Waals surface area (Å²) >= 11 is 1.32.